The Hall–Kier alpha value is -2.57. The van der Waals surface area contributed by atoms with Gasteiger partial charge in [-0.1, -0.05) is 29.8 Å². The minimum Gasteiger partial charge on any atom is -0.493 e. The Bertz CT molecular complexity index is 972. The van der Waals surface area contributed by atoms with Crippen molar-refractivity contribution in [1.29, 1.82) is 0 Å². The van der Waals surface area contributed by atoms with Gasteiger partial charge in [-0.15, -0.1) is 11.3 Å². The predicted octanol–water partition coefficient (Wildman–Crippen LogP) is 4.72. The fourth-order valence-electron chi connectivity index (χ4n) is 2.90. The Kier molecular flexibility index (Phi) is 7.12. The standard InChI is InChI=1S/C22H23ClN2O3S/c1-25(11-10-16-6-9-19(27-2)20(12-16)28-3)22(26)18-14-29-21(24-18)13-15-4-7-17(23)8-5-15/h4-9,12,14H,10-11,13H2,1-3H3. The van der Waals surface area contributed by atoms with E-state index in [1.807, 2.05) is 47.8 Å². The summed E-state index contributed by atoms with van der Waals surface area (Å²) in [5.74, 6) is 1.30. The summed E-state index contributed by atoms with van der Waals surface area (Å²) in [4.78, 5) is 18.9. The van der Waals surface area contributed by atoms with E-state index >= 15 is 0 Å². The highest BCUT2D eigenvalue weighted by molar-refractivity contribution is 7.09. The number of likely N-dealkylation sites (N-methyl/N-ethyl adjacent to an activating group) is 1. The van der Waals surface area contributed by atoms with Gasteiger partial charge in [-0.2, -0.15) is 0 Å². The number of carbonyl (C=O) groups is 1. The summed E-state index contributed by atoms with van der Waals surface area (Å²) in [6.07, 6.45) is 1.40. The van der Waals surface area contributed by atoms with E-state index in [1.165, 1.54) is 11.3 Å². The van der Waals surface area contributed by atoms with Gasteiger partial charge < -0.3 is 14.4 Å². The Morgan fingerprint density at radius 1 is 1.07 bits per heavy atom. The van der Waals surface area contributed by atoms with Crippen LogP contribution in [0.1, 0.15) is 26.6 Å². The average Bonchev–Trinajstić information content (AvgIpc) is 3.21. The summed E-state index contributed by atoms with van der Waals surface area (Å²) >= 11 is 7.42. The molecule has 1 heterocycles. The van der Waals surface area contributed by atoms with Crippen molar-refractivity contribution >= 4 is 28.8 Å². The van der Waals surface area contributed by atoms with Gasteiger partial charge in [0.05, 0.1) is 19.2 Å². The first-order valence-corrected chi connectivity index (χ1v) is 10.4. The molecule has 5 nitrogen and oxygen atoms in total. The van der Waals surface area contributed by atoms with Crippen LogP contribution in [0.2, 0.25) is 5.02 Å². The summed E-state index contributed by atoms with van der Waals surface area (Å²) in [5.41, 5.74) is 2.67. The predicted molar refractivity (Wildman–Crippen MR) is 117 cm³/mol. The third-order valence-electron chi connectivity index (χ3n) is 4.57. The Labute approximate surface area is 179 Å². The van der Waals surface area contributed by atoms with E-state index in [-0.39, 0.29) is 5.91 Å². The third kappa shape index (κ3) is 5.49. The van der Waals surface area contributed by atoms with Crippen molar-refractivity contribution in [3.63, 3.8) is 0 Å². The highest BCUT2D eigenvalue weighted by Crippen LogP contribution is 2.27. The van der Waals surface area contributed by atoms with Crippen molar-refractivity contribution < 1.29 is 14.3 Å². The van der Waals surface area contributed by atoms with Crippen LogP contribution in [0.3, 0.4) is 0 Å². The van der Waals surface area contributed by atoms with Crippen LogP contribution in [-0.2, 0) is 12.8 Å². The van der Waals surface area contributed by atoms with E-state index in [9.17, 15) is 4.79 Å². The molecular formula is C22H23ClN2O3S. The number of hydrogen-bond acceptors (Lipinski definition) is 5. The molecule has 0 aliphatic heterocycles. The fraction of sp³-hybridized carbons (Fsp3) is 0.273. The van der Waals surface area contributed by atoms with Crippen molar-refractivity contribution in [2.24, 2.45) is 0 Å². The van der Waals surface area contributed by atoms with Gasteiger partial charge in [0, 0.05) is 30.4 Å². The summed E-state index contributed by atoms with van der Waals surface area (Å²) in [5, 5.41) is 3.43. The zero-order valence-electron chi connectivity index (χ0n) is 16.6. The average molecular weight is 431 g/mol. The van der Waals surface area contributed by atoms with Gasteiger partial charge in [0.25, 0.3) is 5.91 Å². The largest absolute Gasteiger partial charge is 0.493 e. The molecule has 2 aromatic carbocycles. The van der Waals surface area contributed by atoms with Gasteiger partial charge in [-0.25, -0.2) is 4.98 Å². The molecule has 0 spiro atoms. The van der Waals surface area contributed by atoms with Crippen LogP contribution in [0.15, 0.2) is 47.8 Å². The number of rotatable bonds is 8. The lowest BCUT2D eigenvalue weighted by atomic mass is 10.1. The molecule has 0 aliphatic rings. The SMILES string of the molecule is COc1ccc(CCN(C)C(=O)c2csc(Cc3ccc(Cl)cc3)n2)cc1OC. The second-order valence-electron chi connectivity index (χ2n) is 6.60. The van der Waals surface area contributed by atoms with Crippen molar-refractivity contribution in [1.82, 2.24) is 9.88 Å². The number of ether oxygens (including phenoxy) is 2. The Morgan fingerprint density at radius 2 is 1.76 bits per heavy atom. The van der Waals surface area contributed by atoms with E-state index in [0.29, 0.717) is 41.6 Å². The number of nitrogens with zero attached hydrogens (tertiary/aromatic N) is 2. The summed E-state index contributed by atoms with van der Waals surface area (Å²) in [7, 11) is 5.02. The van der Waals surface area contributed by atoms with Gasteiger partial charge in [0.15, 0.2) is 11.5 Å². The molecule has 0 N–H and O–H groups in total. The molecular weight excluding hydrogens is 408 g/mol. The summed E-state index contributed by atoms with van der Waals surface area (Å²) in [6, 6.07) is 13.5. The lowest BCUT2D eigenvalue weighted by Crippen LogP contribution is -2.29. The van der Waals surface area contributed by atoms with Gasteiger partial charge in [0.1, 0.15) is 5.69 Å². The molecule has 1 amide bonds. The number of methoxy groups -OCH3 is 2. The van der Waals surface area contributed by atoms with Crippen LogP contribution in [0.25, 0.3) is 0 Å². The number of aromatic nitrogens is 1. The lowest BCUT2D eigenvalue weighted by Gasteiger charge is -2.16. The normalized spacial score (nSPS) is 10.6. The van der Waals surface area contributed by atoms with Gasteiger partial charge in [-0.3, -0.25) is 4.79 Å². The van der Waals surface area contributed by atoms with Crippen LogP contribution in [0.4, 0.5) is 0 Å². The molecule has 0 saturated heterocycles. The first-order chi connectivity index (χ1) is 14.0. The quantitative estimate of drug-likeness (QED) is 0.519. The smallest absolute Gasteiger partial charge is 0.273 e. The van der Waals surface area contributed by atoms with Gasteiger partial charge >= 0.3 is 0 Å². The number of thiazole rings is 1. The third-order valence-corrected chi connectivity index (χ3v) is 5.67. The monoisotopic (exact) mass is 430 g/mol. The van der Waals surface area contributed by atoms with Crippen LogP contribution >= 0.6 is 22.9 Å². The maximum absolute atomic E-state index is 12.7. The Morgan fingerprint density at radius 3 is 2.45 bits per heavy atom. The minimum atomic E-state index is -0.0796. The van der Waals surface area contributed by atoms with E-state index in [2.05, 4.69) is 4.98 Å². The zero-order valence-corrected chi connectivity index (χ0v) is 18.2. The molecule has 0 saturated carbocycles. The number of halogens is 1. The number of benzene rings is 2. The molecule has 3 aromatic rings. The van der Waals surface area contributed by atoms with E-state index in [0.717, 1.165) is 16.1 Å². The molecule has 29 heavy (non-hydrogen) atoms. The molecule has 0 fully saturated rings. The van der Waals surface area contributed by atoms with Crippen LogP contribution in [0.5, 0.6) is 11.5 Å². The highest BCUT2D eigenvalue weighted by atomic mass is 35.5. The second kappa shape index (κ2) is 9.76. The van der Waals surface area contributed by atoms with Crippen molar-refractivity contribution in [2.75, 3.05) is 27.8 Å². The summed E-state index contributed by atoms with van der Waals surface area (Å²) < 4.78 is 10.6. The molecule has 1 aromatic heterocycles. The van der Waals surface area contributed by atoms with Crippen molar-refractivity contribution in [2.45, 2.75) is 12.8 Å². The lowest BCUT2D eigenvalue weighted by molar-refractivity contribution is 0.0791. The highest BCUT2D eigenvalue weighted by Gasteiger charge is 2.16. The first-order valence-electron chi connectivity index (χ1n) is 9.15. The number of amides is 1. The van der Waals surface area contributed by atoms with Crippen molar-refractivity contribution in [3.05, 3.63) is 74.7 Å². The van der Waals surface area contributed by atoms with Gasteiger partial charge in [0.2, 0.25) is 0 Å². The molecule has 0 bridgehead atoms. The number of hydrogen-bond donors (Lipinski definition) is 0. The van der Waals surface area contributed by atoms with Crippen LogP contribution in [0, 0.1) is 0 Å². The molecule has 152 valence electrons. The zero-order chi connectivity index (χ0) is 20.8. The molecule has 3 rings (SSSR count). The molecule has 7 heteroatoms. The van der Waals surface area contributed by atoms with Gasteiger partial charge in [-0.05, 0) is 41.8 Å². The molecule has 0 aliphatic carbocycles. The number of carbonyl (C=O) groups excluding carboxylic acids is 1. The molecule has 0 atom stereocenters. The van der Waals surface area contributed by atoms with E-state index in [1.54, 1.807) is 26.2 Å². The van der Waals surface area contributed by atoms with Crippen LogP contribution in [-0.4, -0.2) is 43.6 Å². The van der Waals surface area contributed by atoms with E-state index in [4.69, 9.17) is 21.1 Å². The van der Waals surface area contributed by atoms with Crippen molar-refractivity contribution in [3.8, 4) is 11.5 Å². The van der Waals surface area contributed by atoms with Crippen LogP contribution < -0.4 is 9.47 Å². The maximum Gasteiger partial charge on any atom is 0.273 e. The molecule has 0 radical (unpaired) electrons. The Balaban J connectivity index is 1.59. The first kappa shape index (κ1) is 21.1. The summed E-state index contributed by atoms with van der Waals surface area (Å²) in [6.45, 7) is 0.582. The topological polar surface area (TPSA) is 51.7 Å². The second-order valence-corrected chi connectivity index (χ2v) is 7.97. The van der Waals surface area contributed by atoms with E-state index < -0.39 is 0 Å². The molecule has 0 unspecified atom stereocenters. The maximum atomic E-state index is 12.7. The minimum absolute atomic E-state index is 0.0796. The fourth-order valence-corrected chi connectivity index (χ4v) is 3.83.